The van der Waals surface area contributed by atoms with E-state index in [9.17, 15) is 5.11 Å². The van der Waals surface area contributed by atoms with Crippen LogP contribution in [0.5, 0.6) is 5.75 Å². The summed E-state index contributed by atoms with van der Waals surface area (Å²) in [5, 5.41) is 17.0. The van der Waals surface area contributed by atoms with E-state index in [1.807, 2.05) is 36.4 Å². The number of hydrogen-bond acceptors (Lipinski definition) is 3. The minimum absolute atomic E-state index is 0.182. The van der Waals surface area contributed by atoms with Crippen molar-refractivity contribution in [3.63, 3.8) is 0 Å². The average Bonchev–Trinajstić information content (AvgIpc) is 2.48. The Balaban J connectivity index is 1.79. The first-order chi connectivity index (χ1) is 9.75. The summed E-state index contributed by atoms with van der Waals surface area (Å²) in [4.78, 5) is 0. The van der Waals surface area contributed by atoms with Crippen molar-refractivity contribution in [2.45, 2.75) is 6.54 Å². The van der Waals surface area contributed by atoms with Gasteiger partial charge in [-0.15, -0.1) is 0 Å². The minimum Gasteiger partial charge on any atom is -0.507 e. The van der Waals surface area contributed by atoms with Crippen molar-refractivity contribution in [3.8, 4) is 5.75 Å². The summed E-state index contributed by atoms with van der Waals surface area (Å²) in [6.07, 6.45) is 1.52. The Hall–Kier alpha value is -2.40. The molecule has 5 heteroatoms. The molecule has 2 aromatic rings. The molecule has 102 valence electrons. The first-order valence-electron chi connectivity index (χ1n) is 6.14. The lowest BCUT2D eigenvalue weighted by molar-refractivity contribution is 0.474. The zero-order valence-corrected chi connectivity index (χ0v) is 11.6. The lowest BCUT2D eigenvalue weighted by Gasteiger charge is -2.06. The SMILES string of the molecule is Oc1ccccc1/C=N/NC(=S)NCc1ccccc1. The van der Waals surface area contributed by atoms with Crippen LogP contribution in [0.4, 0.5) is 0 Å². The van der Waals surface area contributed by atoms with Crippen molar-refractivity contribution in [2.24, 2.45) is 5.10 Å². The summed E-state index contributed by atoms with van der Waals surface area (Å²) in [6.45, 7) is 0.638. The summed E-state index contributed by atoms with van der Waals surface area (Å²) < 4.78 is 0. The van der Waals surface area contributed by atoms with E-state index in [4.69, 9.17) is 12.2 Å². The van der Waals surface area contributed by atoms with Crippen molar-refractivity contribution in [1.29, 1.82) is 0 Å². The second-order valence-corrected chi connectivity index (χ2v) is 4.51. The normalized spacial score (nSPS) is 10.4. The van der Waals surface area contributed by atoms with Crippen LogP contribution in [0.1, 0.15) is 11.1 Å². The van der Waals surface area contributed by atoms with Crippen LogP contribution >= 0.6 is 12.2 Å². The van der Waals surface area contributed by atoms with Gasteiger partial charge in [-0.3, -0.25) is 5.43 Å². The Morgan fingerprint density at radius 2 is 1.80 bits per heavy atom. The van der Waals surface area contributed by atoms with Crippen LogP contribution in [0, 0.1) is 0 Å². The number of hydrogen-bond donors (Lipinski definition) is 3. The fraction of sp³-hybridized carbons (Fsp3) is 0.0667. The summed E-state index contributed by atoms with van der Waals surface area (Å²) in [5.41, 5.74) is 4.48. The van der Waals surface area contributed by atoms with E-state index >= 15 is 0 Å². The smallest absolute Gasteiger partial charge is 0.187 e. The molecule has 4 nitrogen and oxygen atoms in total. The molecule has 2 rings (SSSR count). The van der Waals surface area contributed by atoms with Crippen LogP contribution in [-0.2, 0) is 6.54 Å². The van der Waals surface area contributed by atoms with Gasteiger partial charge in [0.15, 0.2) is 5.11 Å². The van der Waals surface area contributed by atoms with Gasteiger partial charge < -0.3 is 10.4 Å². The van der Waals surface area contributed by atoms with Gasteiger partial charge >= 0.3 is 0 Å². The second-order valence-electron chi connectivity index (χ2n) is 4.10. The van der Waals surface area contributed by atoms with Crippen LogP contribution in [0.15, 0.2) is 59.7 Å². The number of hydrazone groups is 1. The minimum atomic E-state index is 0.182. The quantitative estimate of drug-likeness (QED) is 0.459. The first-order valence-corrected chi connectivity index (χ1v) is 6.55. The van der Waals surface area contributed by atoms with E-state index in [0.29, 0.717) is 17.2 Å². The summed E-state index contributed by atoms with van der Waals surface area (Å²) in [6, 6.07) is 16.9. The number of para-hydroxylation sites is 1. The standard InChI is InChI=1S/C15H15N3OS/c19-14-9-5-4-8-13(14)11-17-18-15(20)16-10-12-6-2-1-3-7-12/h1-9,11,19H,10H2,(H2,16,18,20)/b17-11+. The molecule has 0 bridgehead atoms. The summed E-state index contributed by atoms with van der Waals surface area (Å²) in [7, 11) is 0. The van der Waals surface area contributed by atoms with Gasteiger partial charge in [0, 0.05) is 12.1 Å². The number of thiocarbonyl (C=S) groups is 1. The third kappa shape index (κ3) is 4.37. The molecule has 0 amide bonds. The molecule has 0 fully saturated rings. The topological polar surface area (TPSA) is 56.7 Å². The van der Waals surface area contributed by atoms with Crippen LogP contribution in [0.3, 0.4) is 0 Å². The third-order valence-corrected chi connectivity index (χ3v) is 2.84. The maximum Gasteiger partial charge on any atom is 0.187 e. The number of phenols is 1. The molecule has 0 heterocycles. The van der Waals surface area contributed by atoms with Crippen molar-refractivity contribution in [3.05, 3.63) is 65.7 Å². The van der Waals surface area contributed by atoms with Gasteiger partial charge in [-0.05, 0) is 29.9 Å². The van der Waals surface area contributed by atoms with Crippen molar-refractivity contribution < 1.29 is 5.11 Å². The number of benzene rings is 2. The zero-order chi connectivity index (χ0) is 14.2. The van der Waals surface area contributed by atoms with Crippen molar-refractivity contribution in [2.75, 3.05) is 0 Å². The molecule has 0 spiro atoms. The van der Waals surface area contributed by atoms with Gasteiger partial charge in [0.2, 0.25) is 0 Å². The van der Waals surface area contributed by atoms with E-state index in [0.717, 1.165) is 5.56 Å². The molecule has 0 unspecified atom stereocenters. The summed E-state index contributed by atoms with van der Waals surface area (Å²) >= 11 is 5.10. The summed E-state index contributed by atoms with van der Waals surface area (Å²) in [5.74, 6) is 0.182. The Labute approximate surface area is 123 Å². The molecule has 2 aromatic carbocycles. The van der Waals surface area contributed by atoms with Crippen LogP contribution < -0.4 is 10.7 Å². The van der Waals surface area contributed by atoms with E-state index < -0.39 is 0 Å². The highest BCUT2D eigenvalue weighted by molar-refractivity contribution is 7.80. The monoisotopic (exact) mass is 285 g/mol. The van der Waals surface area contributed by atoms with E-state index in [-0.39, 0.29) is 5.75 Å². The zero-order valence-electron chi connectivity index (χ0n) is 10.8. The molecule has 0 aliphatic heterocycles. The molecule has 0 radical (unpaired) electrons. The van der Waals surface area contributed by atoms with Gasteiger partial charge in [-0.1, -0.05) is 42.5 Å². The van der Waals surface area contributed by atoms with Crippen LogP contribution in [-0.4, -0.2) is 16.4 Å². The molecule has 0 saturated carbocycles. The molecule has 20 heavy (non-hydrogen) atoms. The van der Waals surface area contributed by atoms with Crippen molar-refractivity contribution in [1.82, 2.24) is 10.7 Å². The first kappa shape index (κ1) is 14.0. The van der Waals surface area contributed by atoms with Gasteiger partial charge in [0.05, 0.1) is 6.21 Å². The van der Waals surface area contributed by atoms with Gasteiger partial charge in [0.1, 0.15) is 5.75 Å². The molecule has 0 aliphatic carbocycles. The van der Waals surface area contributed by atoms with Gasteiger partial charge in [-0.25, -0.2) is 0 Å². The molecule has 3 N–H and O–H groups in total. The predicted molar refractivity (Wildman–Crippen MR) is 84.7 cm³/mol. The van der Waals surface area contributed by atoms with E-state index in [1.165, 1.54) is 6.21 Å². The highest BCUT2D eigenvalue weighted by Gasteiger charge is 1.96. The fourth-order valence-corrected chi connectivity index (χ4v) is 1.70. The van der Waals surface area contributed by atoms with Crippen molar-refractivity contribution >= 4 is 23.5 Å². The number of nitrogens with zero attached hydrogens (tertiary/aromatic N) is 1. The molecular formula is C15H15N3OS. The molecule has 0 aromatic heterocycles. The Morgan fingerprint density at radius 1 is 1.10 bits per heavy atom. The molecule has 0 saturated heterocycles. The number of rotatable bonds is 4. The number of phenolic OH excluding ortho intramolecular Hbond substituents is 1. The second kappa shape index (κ2) is 7.25. The lowest BCUT2D eigenvalue weighted by atomic mass is 10.2. The van der Waals surface area contributed by atoms with Gasteiger partial charge in [-0.2, -0.15) is 5.10 Å². The van der Waals surface area contributed by atoms with Crippen LogP contribution in [0.2, 0.25) is 0 Å². The Kier molecular flexibility index (Phi) is 5.08. The highest BCUT2D eigenvalue weighted by Crippen LogP contribution is 2.12. The highest BCUT2D eigenvalue weighted by atomic mass is 32.1. The van der Waals surface area contributed by atoms with E-state index in [1.54, 1.807) is 18.2 Å². The fourth-order valence-electron chi connectivity index (χ4n) is 1.57. The Bertz CT molecular complexity index is 599. The maximum absolute atomic E-state index is 9.56. The Morgan fingerprint density at radius 3 is 2.55 bits per heavy atom. The third-order valence-electron chi connectivity index (χ3n) is 2.60. The van der Waals surface area contributed by atoms with Gasteiger partial charge in [0.25, 0.3) is 0 Å². The van der Waals surface area contributed by atoms with Crippen LogP contribution in [0.25, 0.3) is 0 Å². The number of nitrogens with one attached hydrogen (secondary N) is 2. The lowest BCUT2D eigenvalue weighted by Crippen LogP contribution is -2.31. The largest absolute Gasteiger partial charge is 0.507 e. The molecular weight excluding hydrogens is 270 g/mol. The predicted octanol–water partition coefficient (Wildman–Crippen LogP) is 2.39. The molecule has 0 aliphatic rings. The average molecular weight is 285 g/mol. The maximum atomic E-state index is 9.56. The number of aromatic hydroxyl groups is 1. The van der Waals surface area contributed by atoms with E-state index in [2.05, 4.69) is 15.8 Å². The molecule has 0 atom stereocenters.